The Labute approximate surface area is 132 Å². The minimum Gasteiger partial charge on any atom is -0.494 e. The summed E-state index contributed by atoms with van der Waals surface area (Å²) in [5, 5.41) is 0. The summed E-state index contributed by atoms with van der Waals surface area (Å²) in [5.74, 6) is 1.78. The smallest absolute Gasteiger partial charge is 0.119 e. The lowest BCUT2D eigenvalue weighted by atomic mass is 10.2. The fraction of sp³-hybridized carbons (Fsp3) is 0.316. The molecule has 0 bridgehead atoms. The zero-order chi connectivity index (χ0) is 15.6. The molecule has 22 heavy (non-hydrogen) atoms. The molecule has 0 aliphatic rings. The third-order valence-corrected chi connectivity index (χ3v) is 3.16. The molecule has 0 saturated heterocycles. The van der Waals surface area contributed by atoms with Crippen LogP contribution in [0.3, 0.4) is 0 Å². The Bertz CT molecular complexity index is 573. The van der Waals surface area contributed by atoms with Crippen LogP contribution in [0.25, 0.3) is 0 Å². The first-order valence-electron chi connectivity index (χ1n) is 7.81. The Morgan fingerprint density at radius 3 is 2.14 bits per heavy atom. The first-order chi connectivity index (χ1) is 10.8. The Morgan fingerprint density at radius 1 is 0.864 bits per heavy atom. The van der Waals surface area contributed by atoms with E-state index >= 15 is 0 Å². The van der Waals surface area contributed by atoms with Crippen LogP contribution in [0.5, 0.6) is 11.5 Å². The highest BCUT2D eigenvalue weighted by molar-refractivity contribution is 5.82. The second kappa shape index (κ2) is 8.88. The zero-order valence-corrected chi connectivity index (χ0v) is 13.3. The van der Waals surface area contributed by atoms with E-state index in [0.717, 1.165) is 42.2 Å². The predicted molar refractivity (Wildman–Crippen MR) is 91.7 cm³/mol. The summed E-state index contributed by atoms with van der Waals surface area (Å²) in [5.41, 5.74) is 1.96. The maximum atomic E-state index is 5.63. The Morgan fingerprint density at radius 2 is 1.50 bits per heavy atom. The summed E-state index contributed by atoms with van der Waals surface area (Å²) in [6.45, 7) is 5.58. The van der Waals surface area contributed by atoms with Gasteiger partial charge in [-0.1, -0.05) is 13.3 Å². The van der Waals surface area contributed by atoms with E-state index in [4.69, 9.17) is 9.47 Å². The van der Waals surface area contributed by atoms with E-state index in [-0.39, 0.29) is 0 Å². The molecule has 0 radical (unpaired) electrons. The van der Waals surface area contributed by atoms with E-state index < -0.39 is 0 Å². The van der Waals surface area contributed by atoms with Crippen LogP contribution >= 0.6 is 0 Å². The zero-order valence-electron chi connectivity index (χ0n) is 13.3. The highest BCUT2D eigenvalue weighted by Gasteiger charge is 1.95. The van der Waals surface area contributed by atoms with E-state index in [9.17, 15) is 0 Å². The van der Waals surface area contributed by atoms with Crippen molar-refractivity contribution in [2.24, 2.45) is 4.99 Å². The van der Waals surface area contributed by atoms with Crippen LogP contribution in [0.1, 0.15) is 32.3 Å². The highest BCUT2D eigenvalue weighted by Crippen LogP contribution is 2.19. The van der Waals surface area contributed by atoms with Crippen molar-refractivity contribution in [1.82, 2.24) is 0 Å². The Balaban J connectivity index is 1.92. The third kappa shape index (κ3) is 5.24. The van der Waals surface area contributed by atoms with Gasteiger partial charge >= 0.3 is 0 Å². The summed E-state index contributed by atoms with van der Waals surface area (Å²) in [7, 11) is 0. The minimum absolute atomic E-state index is 0.681. The lowest BCUT2D eigenvalue weighted by Crippen LogP contribution is -1.95. The Hall–Kier alpha value is -2.29. The number of hydrogen-bond donors (Lipinski definition) is 0. The molecule has 0 amide bonds. The van der Waals surface area contributed by atoms with Crippen LogP contribution in [0.15, 0.2) is 53.5 Å². The topological polar surface area (TPSA) is 30.8 Å². The van der Waals surface area contributed by atoms with Gasteiger partial charge in [0.2, 0.25) is 0 Å². The molecule has 0 unspecified atom stereocenters. The molecule has 0 aliphatic heterocycles. The van der Waals surface area contributed by atoms with Crippen molar-refractivity contribution in [3.8, 4) is 11.5 Å². The molecule has 0 aliphatic carbocycles. The fourth-order valence-corrected chi connectivity index (χ4v) is 1.93. The van der Waals surface area contributed by atoms with Gasteiger partial charge in [-0.05, 0) is 67.4 Å². The lowest BCUT2D eigenvalue weighted by molar-refractivity contribution is 0.309. The first-order valence-corrected chi connectivity index (χ1v) is 7.81. The van der Waals surface area contributed by atoms with Gasteiger partial charge < -0.3 is 9.47 Å². The van der Waals surface area contributed by atoms with E-state index in [1.165, 1.54) is 0 Å². The summed E-state index contributed by atoms with van der Waals surface area (Å²) in [6, 6.07) is 15.7. The van der Waals surface area contributed by atoms with Crippen molar-refractivity contribution < 1.29 is 9.47 Å². The summed E-state index contributed by atoms with van der Waals surface area (Å²) in [4.78, 5) is 4.47. The number of rotatable bonds is 8. The predicted octanol–water partition coefficient (Wildman–Crippen LogP) is 5.01. The third-order valence-electron chi connectivity index (χ3n) is 3.16. The largest absolute Gasteiger partial charge is 0.494 e. The quantitative estimate of drug-likeness (QED) is 0.506. The standard InChI is InChI=1S/C19H23NO2/c1-3-5-14-22-19-12-8-17(9-13-19)20-15-16-6-10-18(11-7-16)21-4-2/h6-13,15H,3-5,14H2,1-2H3. The maximum absolute atomic E-state index is 5.63. The average molecular weight is 297 g/mol. The first kappa shape index (κ1) is 16.1. The molecule has 0 atom stereocenters. The van der Waals surface area contributed by atoms with Gasteiger partial charge in [-0.15, -0.1) is 0 Å². The molecule has 0 saturated carbocycles. The van der Waals surface area contributed by atoms with E-state index in [2.05, 4.69) is 11.9 Å². The molecular weight excluding hydrogens is 274 g/mol. The molecule has 0 fully saturated rings. The van der Waals surface area contributed by atoms with Gasteiger partial charge in [0.15, 0.2) is 0 Å². The van der Waals surface area contributed by atoms with E-state index in [1.54, 1.807) is 0 Å². The molecule has 0 N–H and O–H groups in total. The molecule has 2 aromatic rings. The molecular formula is C19H23NO2. The SMILES string of the molecule is CCCCOc1ccc(N=Cc2ccc(OCC)cc2)cc1. The van der Waals surface area contributed by atoms with Crippen molar-refractivity contribution in [2.75, 3.05) is 13.2 Å². The number of unbranched alkanes of at least 4 members (excludes halogenated alkanes) is 1. The summed E-state index contributed by atoms with van der Waals surface area (Å²) in [6.07, 6.45) is 4.07. The molecule has 0 spiro atoms. The van der Waals surface area contributed by atoms with Gasteiger partial charge in [-0.2, -0.15) is 0 Å². The monoisotopic (exact) mass is 297 g/mol. The highest BCUT2D eigenvalue weighted by atomic mass is 16.5. The van der Waals surface area contributed by atoms with Crippen molar-refractivity contribution in [3.63, 3.8) is 0 Å². The van der Waals surface area contributed by atoms with Crippen LogP contribution in [0, 0.1) is 0 Å². The molecule has 0 heterocycles. The Kier molecular flexibility index (Phi) is 6.49. The van der Waals surface area contributed by atoms with Crippen LogP contribution in [-0.4, -0.2) is 19.4 Å². The number of ether oxygens (including phenoxy) is 2. The van der Waals surface area contributed by atoms with Gasteiger partial charge in [0.1, 0.15) is 11.5 Å². The van der Waals surface area contributed by atoms with E-state index in [0.29, 0.717) is 6.61 Å². The number of benzene rings is 2. The van der Waals surface area contributed by atoms with Crippen LogP contribution in [0.2, 0.25) is 0 Å². The second-order valence-electron chi connectivity index (χ2n) is 4.96. The molecule has 2 aromatic carbocycles. The van der Waals surface area contributed by atoms with Crippen molar-refractivity contribution >= 4 is 11.9 Å². The molecule has 3 heteroatoms. The second-order valence-corrected chi connectivity index (χ2v) is 4.96. The number of aliphatic imine (C=N–C) groups is 1. The van der Waals surface area contributed by atoms with Crippen molar-refractivity contribution in [3.05, 3.63) is 54.1 Å². The molecule has 116 valence electrons. The molecule has 3 nitrogen and oxygen atoms in total. The van der Waals surface area contributed by atoms with Gasteiger partial charge in [-0.3, -0.25) is 4.99 Å². The molecule has 2 rings (SSSR count). The van der Waals surface area contributed by atoms with Crippen LogP contribution in [0.4, 0.5) is 5.69 Å². The van der Waals surface area contributed by atoms with Gasteiger partial charge in [0.05, 0.1) is 18.9 Å². The van der Waals surface area contributed by atoms with Gasteiger partial charge in [0, 0.05) is 6.21 Å². The molecule has 0 aromatic heterocycles. The normalized spacial score (nSPS) is 10.8. The summed E-state index contributed by atoms with van der Waals surface area (Å²) < 4.78 is 11.1. The van der Waals surface area contributed by atoms with E-state index in [1.807, 2.05) is 61.7 Å². The summed E-state index contributed by atoms with van der Waals surface area (Å²) >= 11 is 0. The number of nitrogens with zero attached hydrogens (tertiary/aromatic N) is 1. The fourth-order valence-electron chi connectivity index (χ4n) is 1.93. The van der Waals surface area contributed by atoms with Crippen LogP contribution in [-0.2, 0) is 0 Å². The van der Waals surface area contributed by atoms with Gasteiger partial charge in [0.25, 0.3) is 0 Å². The van der Waals surface area contributed by atoms with Crippen molar-refractivity contribution in [1.29, 1.82) is 0 Å². The maximum Gasteiger partial charge on any atom is 0.119 e. The number of hydrogen-bond acceptors (Lipinski definition) is 3. The minimum atomic E-state index is 0.681. The van der Waals surface area contributed by atoms with Crippen molar-refractivity contribution in [2.45, 2.75) is 26.7 Å². The van der Waals surface area contributed by atoms with Gasteiger partial charge in [-0.25, -0.2) is 0 Å². The van der Waals surface area contributed by atoms with Crippen LogP contribution < -0.4 is 9.47 Å². The lowest BCUT2D eigenvalue weighted by Gasteiger charge is -2.05. The average Bonchev–Trinajstić information content (AvgIpc) is 2.56.